The summed E-state index contributed by atoms with van der Waals surface area (Å²) in [5, 5.41) is 25.1. The van der Waals surface area contributed by atoms with Crippen LogP contribution >= 0.6 is 0 Å². The highest BCUT2D eigenvalue weighted by Crippen LogP contribution is 2.26. The summed E-state index contributed by atoms with van der Waals surface area (Å²) < 4.78 is 5.45. The third-order valence-corrected chi connectivity index (χ3v) is 4.58. The second kappa shape index (κ2) is 9.41. The molecule has 0 aliphatic carbocycles. The van der Waals surface area contributed by atoms with Crippen LogP contribution in [0.3, 0.4) is 0 Å². The average molecular weight is 388 g/mol. The lowest BCUT2D eigenvalue weighted by Crippen LogP contribution is -2.47. The Hall–Kier alpha value is -2.80. The maximum Gasteiger partial charge on any atom is 0.315 e. The Balaban J connectivity index is 1.96. The zero-order valence-electron chi connectivity index (χ0n) is 16.5. The number of carboxylic acid groups (broad SMARTS) is 1. The van der Waals surface area contributed by atoms with Crippen molar-refractivity contribution in [3.63, 3.8) is 0 Å². The Labute approximate surface area is 164 Å². The van der Waals surface area contributed by atoms with E-state index in [0.29, 0.717) is 29.9 Å². The van der Waals surface area contributed by atoms with Crippen molar-refractivity contribution >= 4 is 12.0 Å². The maximum atomic E-state index is 12.4. The molecular weight excluding hydrogens is 360 g/mol. The Morgan fingerprint density at radius 1 is 1.21 bits per heavy atom. The highest BCUT2D eigenvalue weighted by atomic mass is 16.4. The van der Waals surface area contributed by atoms with Crippen LogP contribution in [0.1, 0.15) is 42.4 Å². The Morgan fingerprint density at radius 2 is 1.89 bits per heavy atom. The number of hydrogen-bond donors (Lipinski definition) is 4. The van der Waals surface area contributed by atoms with Crippen molar-refractivity contribution in [3.05, 3.63) is 59.0 Å². The van der Waals surface area contributed by atoms with Gasteiger partial charge in [-0.1, -0.05) is 30.3 Å². The van der Waals surface area contributed by atoms with Gasteiger partial charge in [-0.05, 0) is 45.2 Å². The van der Waals surface area contributed by atoms with Crippen LogP contribution in [-0.4, -0.2) is 34.8 Å². The lowest BCUT2D eigenvalue weighted by atomic mass is 9.96. The molecule has 2 atom stereocenters. The van der Waals surface area contributed by atoms with Gasteiger partial charge >= 0.3 is 12.0 Å². The van der Waals surface area contributed by atoms with Crippen LogP contribution in [0.25, 0.3) is 0 Å². The molecule has 2 unspecified atom stereocenters. The largest absolute Gasteiger partial charge is 0.481 e. The van der Waals surface area contributed by atoms with E-state index in [4.69, 9.17) is 9.52 Å². The number of hydrogen-bond acceptors (Lipinski definition) is 4. The molecule has 1 heterocycles. The lowest BCUT2D eigenvalue weighted by molar-refractivity contribution is -0.137. The quantitative estimate of drug-likeness (QED) is 0.528. The number of amides is 2. The van der Waals surface area contributed by atoms with E-state index < -0.39 is 17.6 Å². The molecule has 2 rings (SSSR count). The van der Waals surface area contributed by atoms with Crippen molar-refractivity contribution in [1.82, 2.24) is 10.6 Å². The van der Waals surface area contributed by atoms with Gasteiger partial charge in [0, 0.05) is 18.0 Å². The van der Waals surface area contributed by atoms with E-state index in [-0.39, 0.29) is 19.0 Å². The zero-order chi connectivity index (χ0) is 20.7. The number of benzene rings is 1. The van der Waals surface area contributed by atoms with Crippen molar-refractivity contribution in [2.75, 3.05) is 6.54 Å². The number of aliphatic hydroxyl groups is 1. The molecule has 0 bridgehead atoms. The Kier molecular flexibility index (Phi) is 7.23. The molecule has 152 valence electrons. The van der Waals surface area contributed by atoms with Crippen LogP contribution in [0.5, 0.6) is 0 Å². The topological polar surface area (TPSA) is 112 Å². The summed E-state index contributed by atoms with van der Waals surface area (Å²) in [4.78, 5) is 23.3. The Bertz CT molecular complexity index is 798. The fourth-order valence-electron chi connectivity index (χ4n) is 3.17. The van der Waals surface area contributed by atoms with E-state index in [2.05, 4.69) is 10.6 Å². The molecule has 0 aliphatic heterocycles. The monoisotopic (exact) mass is 388 g/mol. The number of furan rings is 1. The fourth-order valence-corrected chi connectivity index (χ4v) is 3.17. The van der Waals surface area contributed by atoms with Crippen molar-refractivity contribution < 1.29 is 24.2 Å². The average Bonchev–Trinajstić information content (AvgIpc) is 2.98. The molecule has 1 aromatic carbocycles. The summed E-state index contributed by atoms with van der Waals surface area (Å²) in [5.74, 6) is 0.385. The third kappa shape index (κ3) is 6.42. The van der Waals surface area contributed by atoms with Gasteiger partial charge in [-0.3, -0.25) is 4.79 Å². The maximum absolute atomic E-state index is 12.4. The number of urea groups is 1. The first-order valence-electron chi connectivity index (χ1n) is 9.27. The van der Waals surface area contributed by atoms with Crippen LogP contribution in [-0.2, 0) is 16.8 Å². The van der Waals surface area contributed by atoms with E-state index in [1.54, 1.807) is 26.8 Å². The summed E-state index contributed by atoms with van der Waals surface area (Å²) in [5.41, 5.74) is 0.349. The molecule has 0 fully saturated rings. The summed E-state index contributed by atoms with van der Waals surface area (Å²) in [7, 11) is 0. The van der Waals surface area contributed by atoms with E-state index in [1.165, 1.54) is 0 Å². The van der Waals surface area contributed by atoms with E-state index in [0.717, 1.165) is 5.56 Å². The second-order valence-electron chi connectivity index (χ2n) is 7.25. The number of rotatable bonds is 9. The fraction of sp³-hybridized carbons (Fsp3) is 0.429. The number of aryl methyl sites for hydroxylation is 2. The summed E-state index contributed by atoms with van der Waals surface area (Å²) in [6.45, 7) is 5.16. The van der Waals surface area contributed by atoms with Gasteiger partial charge in [0.15, 0.2) is 0 Å². The highest BCUT2D eigenvalue weighted by Gasteiger charge is 2.28. The Morgan fingerprint density at radius 3 is 2.46 bits per heavy atom. The summed E-state index contributed by atoms with van der Waals surface area (Å²) >= 11 is 0. The smallest absolute Gasteiger partial charge is 0.315 e. The standard InChI is InChI=1S/C21H28N2O5/c1-14-11-18(15(2)28-14)21(3,27)13-22-20(26)23-17(9-10-19(24)25)12-16-7-5-4-6-8-16/h4-8,11,17,27H,9-10,12-13H2,1-3H3,(H,24,25)(H2,22,23,26). The second-order valence-corrected chi connectivity index (χ2v) is 7.25. The minimum absolute atomic E-state index is 0.00433. The van der Waals surface area contributed by atoms with Crippen molar-refractivity contribution in [2.45, 2.75) is 51.7 Å². The van der Waals surface area contributed by atoms with E-state index >= 15 is 0 Å². The predicted molar refractivity (Wildman–Crippen MR) is 105 cm³/mol. The molecule has 0 saturated heterocycles. The number of nitrogens with one attached hydrogen (secondary N) is 2. The summed E-state index contributed by atoms with van der Waals surface area (Å²) in [6, 6.07) is 10.5. The first-order valence-corrected chi connectivity index (χ1v) is 9.27. The van der Waals surface area contributed by atoms with Crippen LogP contribution in [0, 0.1) is 13.8 Å². The molecule has 2 aromatic rings. The van der Waals surface area contributed by atoms with E-state index in [9.17, 15) is 14.7 Å². The van der Waals surface area contributed by atoms with Crippen LogP contribution in [0.15, 0.2) is 40.8 Å². The number of carbonyl (C=O) groups is 2. The normalized spacial score (nSPS) is 14.1. The molecule has 0 aliphatic rings. The molecule has 0 spiro atoms. The number of carboxylic acids is 1. The highest BCUT2D eigenvalue weighted by molar-refractivity contribution is 5.74. The minimum atomic E-state index is -1.28. The first kappa shape index (κ1) is 21.5. The molecule has 1 aromatic heterocycles. The minimum Gasteiger partial charge on any atom is -0.481 e. The predicted octanol–water partition coefficient (Wildman–Crippen LogP) is 2.88. The molecule has 0 saturated carbocycles. The van der Waals surface area contributed by atoms with Gasteiger partial charge in [-0.25, -0.2) is 4.79 Å². The zero-order valence-corrected chi connectivity index (χ0v) is 16.5. The molecule has 2 amide bonds. The molecule has 4 N–H and O–H groups in total. The number of aliphatic carboxylic acids is 1. The van der Waals surface area contributed by atoms with Gasteiger partial charge in [0.1, 0.15) is 17.1 Å². The van der Waals surface area contributed by atoms with Gasteiger partial charge in [0.25, 0.3) is 0 Å². The van der Waals surface area contributed by atoms with Crippen LogP contribution in [0.4, 0.5) is 4.79 Å². The van der Waals surface area contributed by atoms with Crippen LogP contribution < -0.4 is 10.6 Å². The third-order valence-electron chi connectivity index (χ3n) is 4.58. The van der Waals surface area contributed by atoms with Gasteiger partial charge in [-0.15, -0.1) is 0 Å². The lowest BCUT2D eigenvalue weighted by Gasteiger charge is -2.25. The van der Waals surface area contributed by atoms with Gasteiger partial charge in [0.2, 0.25) is 0 Å². The summed E-state index contributed by atoms with van der Waals surface area (Å²) in [6.07, 6.45) is 0.801. The van der Waals surface area contributed by atoms with Gasteiger partial charge < -0.3 is 25.3 Å². The van der Waals surface area contributed by atoms with Crippen molar-refractivity contribution in [3.8, 4) is 0 Å². The number of carbonyl (C=O) groups excluding carboxylic acids is 1. The molecule has 7 heteroatoms. The van der Waals surface area contributed by atoms with Crippen molar-refractivity contribution in [2.24, 2.45) is 0 Å². The van der Waals surface area contributed by atoms with Gasteiger partial charge in [0.05, 0.1) is 6.54 Å². The molecule has 0 radical (unpaired) electrons. The van der Waals surface area contributed by atoms with Crippen LogP contribution in [0.2, 0.25) is 0 Å². The molecule has 7 nitrogen and oxygen atoms in total. The molecular formula is C21H28N2O5. The first-order chi connectivity index (χ1) is 13.2. The molecule has 28 heavy (non-hydrogen) atoms. The van der Waals surface area contributed by atoms with Crippen molar-refractivity contribution in [1.29, 1.82) is 0 Å². The SMILES string of the molecule is Cc1cc(C(C)(O)CNC(=O)NC(CCC(=O)O)Cc2ccccc2)c(C)o1. The van der Waals surface area contributed by atoms with Gasteiger partial charge in [-0.2, -0.15) is 0 Å². The van der Waals surface area contributed by atoms with E-state index in [1.807, 2.05) is 30.3 Å².